The lowest BCUT2D eigenvalue weighted by molar-refractivity contribution is 0.185. The van der Waals surface area contributed by atoms with Crippen molar-refractivity contribution < 1.29 is 9.47 Å². The number of methoxy groups -OCH3 is 2. The first kappa shape index (κ1) is 15.5. The van der Waals surface area contributed by atoms with Gasteiger partial charge in [-0.15, -0.1) is 0 Å². The molecule has 0 bridgehead atoms. The van der Waals surface area contributed by atoms with E-state index < -0.39 is 0 Å². The summed E-state index contributed by atoms with van der Waals surface area (Å²) in [6, 6.07) is 16.9. The summed E-state index contributed by atoms with van der Waals surface area (Å²) < 4.78 is 10.3. The van der Waals surface area contributed by atoms with Crippen LogP contribution in [0, 0.1) is 0 Å². The van der Waals surface area contributed by atoms with E-state index in [9.17, 15) is 0 Å². The van der Waals surface area contributed by atoms with Crippen LogP contribution in [0.2, 0.25) is 0 Å². The number of hydrogen-bond acceptors (Lipinski definition) is 3. The van der Waals surface area contributed by atoms with Crippen LogP contribution in [0.4, 0.5) is 0 Å². The van der Waals surface area contributed by atoms with Crippen molar-refractivity contribution in [1.29, 1.82) is 0 Å². The molecular weight excluding hydrogens is 262 g/mol. The predicted octanol–water partition coefficient (Wildman–Crippen LogP) is 3.69. The fourth-order valence-corrected chi connectivity index (χ4v) is 2.28. The van der Waals surface area contributed by atoms with Gasteiger partial charge in [0.1, 0.15) is 5.75 Å². The van der Waals surface area contributed by atoms with Gasteiger partial charge in [0, 0.05) is 19.7 Å². The largest absolute Gasteiger partial charge is 0.497 e. The molecule has 1 N–H and O–H groups in total. The summed E-state index contributed by atoms with van der Waals surface area (Å²) in [6.07, 6.45) is 0. The summed E-state index contributed by atoms with van der Waals surface area (Å²) in [5.74, 6) is 0.887. The van der Waals surface area contributed by atoms with Crippen molar-refractivity contribution >= 4 is 0 Å². The Balaban J connectivity index is 1.93. The van der Waals surface area contributed by atoms with E-state index in [4.69, 9.17) is 9.47 Å². The van der Waals surface area contributed by atoms with Gasteiger partial charge < -0.3 is 14.8 Å². The highest BCUT2D eigenvalue weighted by Gasteiger charge is 2.05. The van der Waals surface area contributed by atoms with Gasteiger partial charge in [-0.05, 0) is 35.7 Å². The van der Waals surface area contributed by atoms with Crippen molar-refractivity contribution in [3.05, 3.63) is 65.2 Å². The lowest BCUT2D eigenvalue weighted by atomic mass is 10.1. The zero-order valence-corrected chi connectivity index (χ0v) is 12.9. The highest BCUT2D eigenvalue weighted by Crippen LogP contribution is 2.18. The molecule has 0 aliphatic heterocycles. The van der Waals surface area contributed by atoms with Crippen molar-refractivity contribution in [1.82, 2.24) is 5.32 Å². The smallest absolute Gasteiger partial charge is 0.118 e. The van der Waals surface area contributed by atoms with Crippen LogP contribution < -0.4 is 10.1 Å². The first-order chi connectivity index (χ1) is 10.2. The van der Waals surface area contributed by atoms with Gasteiger partial charge in [0.05, 0.1) is 13.7 Å². The van der Waals surface area contributed by atoms with Gasteiger partial charge in [-0.3, -0.25) is 0 Å². The van der Waals surface area contributed by atoms with E-state index in [1.807, 2.05) is 12.1 Å². The standard InChI is InChI=1S/C18H23NO2/c1-14(17-7-9-18(21-3)10-8-17)19-12-15-5-4-6-16(11-15)13-20-2/h4-11,14,19H,12-13H2,1-3H3/t14-/m0/s1. The van der Waals surface area contributed by atoms with E-state index in [2.05, 4.69) is 48.6 Å². The zero-order chi connectivity index (χ0) is 15.1. The second-order valence-electron chi connectivity index (χ2n) is 5.13. The molecule has 0 unspecified atom stereocenters. The van der Waals surface area contributed by atoms with E-state index in [0.29, 0.717) is 12.6 Å². The van der Waals surface area contributed by atoms with Crippen LogP contribution in [0.1, 0.15) is 29.7 Å². The van der Waals surface area contributed by atoms with Crippen LogP contribution in [0.15, 0.2) is 48.5 Å². The topological polar surface area (TPSA) is 30.5 Å². The molecule has 1 atom stereocenters. The molecule has 21 heavy (non-hydrogen) atoms. The SMILES string of the molecule is COCc1cccc(CN[C@@H](C)c2ccc(OC)cc2)c1. The summed E-state index contributed by atoms with van der Waals surface area (Å²) >= 11 is 0. The van der Waals surface area contributed by atoms with E-state index in [0.717, 1.165) is 12.3 Å². The van der Waals surface area contributed by atoms with Gasteiger partial charge in [0.2, 0.25) is 0 Å². The number of nitrogens with one attached hydrogen (secondary N) is 1. The monoisotopic (exact) mass is 285 g/mol. The Morgan fingerprint density at radius 3 is 2.38 bits per heavy atom. The van der Waals surface area contributed by atoms with E-state index in [1.54, 1.807) is 14.2 Å². The van der Waals surface area contributed by atoms with Crippen LogP contribution >= 0.6 is 0 Å². The third-order valence-electron chi connectivity index (χ3n) is 3.53. The first-order valence-electron chi connectivity index (χ1n) is 7.17. The van der Waals surface area contributed by atoms with E-state index in [-0.39, 0.29) is 0 Å². The Morgan fingerprint density at radius 2 is 1.71 bits per heavy atom. The maximum Gasteiger partial charge on any atom is 0.118 e. The normalized spacial score (nSPS) is 12.1. The molecule has 2 rings (SSSR count). The number of rotatable bonds is 7. The first-order valence-corrected chi connectivity index (χ1v) is 7.17. The van der Waals surface area contributed by atoms with Gasteiger partial charge in [-0.1, -0.05) is 36.4 Å². The Kier molecular flexibility index (Phi) is 5.78. The van der Waals surface area contributed by atoms with Gasteiger partial charge in [-0.25, -0.2) is 0 Å². The van der Waals surface area contributed by atoms with Crippen molar-refractivity contribution in [2.24, 2.45) is 0 Å². The van der Waals surface area contributed by atoms with Gasteiger partial charge in [0.25, 0.3) is 0 Å². The van der Waals surface area contributed by atoms with Crippen LogP contribution in [0.25, 0.3) is 0 Å². The van der Waals surface area contributed by atoms with Crippen LogP contribution in [0.3, 0.4) is 0 Å². The van der Waals surface area contributed by atoms with Crippen molar-refractivity contribution in [3.8, 4) is 5.75 Å². The van der Waals surface area contributed by atoms with Crippen molar-refractivity contribution in [2.45, 2.75) is 26.1 Å². The summed E-state index contributed by atoms with van der Waals surface area (Å²) in [7, 11) is 3.40. The van der Waals surface area contributed by atoms with Crippen LogP contribution in [0.5, 0.6) is 5.75 Å². The molecule has 0 saturated carbocycles. The molecule has 2 aromatic carbocycles. The minimum Gasteiger partial charge on any atom is -0.497 e. The molecule has 0 aliphatic rings. The molecule has 0 spiro atoms. The maximum atomic E-state index is 5.18. The molecule has 0 radical (unpaired) electrons. The maximum absolute atomic E-state index is 5.18. The predicted molar refractivity (Wildman–Crippen MR) is 85.4 cm³/mol. The minimum atomic E-state index is 0.294. The molecule has 0 amide bonds. The molecule has 0 saturated heterocycles. The number of ether oxygens (including phenoxy) is 2. The minimum absolute atomic E-state index is 0.294. The van der Waals surface area contributed by atoms with Crippen LogP contribution in [-0.4, -0.2) is 14.2 Å². The Labute approximate surface area is 126 Å². The second-order valence-corrected chi connectivity index (χ2v) is 5.13. The number of hydrogen-bond donors (Lipinski definition) is 1. The summed E-state index contributed by atoms with van der Waals surface area (Å²) in [5.41, 5.74) is 3.72. The Morgan fingerprint density at radius 1 is 1.00 bits per heavy atom. The zero-order valence-electron chi connectivity index (χ0n) is 12.9. The highest BCUT2D eigenvalue weighted by atomic mass is 16.5. The quantitative estimate of drug-likeness (QED) is 0.841. The molecular formula is C18H23NO2. The Hall–Kier alpha value is -1.84. The molecule has 0 heterocycles. The van der Waals surface area contributed by atoms with Crippen LogP contribution in [-0.2, 0) is 17.9 Å². The number of benzene rings is 2. The van der Waals surface area contributed by atoms with Gasteiger partial charge in [-0.2, -0.15) is 0 Å². The van der Waals surface area contributed by atoms with Crippen molar-refractivity contribution in [3.63, 3.8) is 0 Å². The third kappa shape index (κ3) is 4.59. The van der Waals surface area contributed by atoms with Gasteiger partial charge in [0.15, 0.2) is 0 Å². The summed E-state index contributed by atoms with van der Waals surface area (Å²) in [4.78, 5) is 0. The lowest BCUT2D eigenvalue weighted by Crippen LogP contribution is -2.18. The molecule has 3 heteroatoms. The molecule has 3 nitrogen and oxygen atoms in total. The highest BCUT2D eigenvalue weighted by molar-refractivity contribution is 5.29. The molecule has 0 aliphatic carbocycles. The van der Waals surface area contributed by atoms with E-state index in [1.165, 1.54) is 16.7 Å². The third-order valence-corrected chi connectivity index (χ3v) is 3.53. The average molecular weight is 285 g/mol. The average Bonchev–Trinajstić information content (AvgIpc) is 2.53. The summed E-state index contributed by atoms with van der Waals surface area (Å²) in [5, 5.41) is 3.54. The molecule has 2 aromatic rings. The lowest BCUT2D eigenvalue weighted by Gasteiger charge is -2.15. The summed E-state index contributed by atoms with van der Waals surface area (Å²) in [6.45, 7) is 3.66. The molecule has 112 valence electrons. The molecule has 0 aromatic heterocycles. The second kappa shape index (κ2) is 7.81. The molecule has 0 fully saturated rings. The van der Waals surface area contributed by atoms with E-state index >= 15 is 0 Å². The fraction of sp³-hybridized carbons (Fsp3) is 0.333. The fourth-order valence-electron chi connectivity index (χ4n) is 2.28. The van der Waals surface area contributed by atoms with Gasteiger partial charge >= 0.3 is 0 Å². The van der Waals surface area contributed by atoms with Crippen molar-refractivity contribution in [2.75, 3.05) is 14.2 Å². The Bertz CT molecular complexity index is 551.